The monoisotopic (exact) mass is 458 g/mol. The van der Waals surface area contributed by atoms with Crippen LogP contribution < -0.4 is 10.1 Å². The van der Waals surface area contributed by atoms with Gasteiger partial charge in [-0.15, -0.1) is 0 Å². The third kappa shape index (κ3) is 6.11. The summed E-state index contributed by atoms with van der Waals surface area (Å²) in [5.74, 6) is 0.151. The molecule has 3 atom stereocenters. The number of likely N-dealkylation sites (N-methyl/N-ethyl adjacent to an activating group) is 1. The Morgan fingerprint density at radius 1 is 1.27 bits per heavy atom. The molecule has 0 bridgehead atoms. The summed E-state index contributed by atoms with van der Waals surface area (Å²) in [6, 6.07) is 6.70. The first-order valence-electron chi connectivity index (χ1n) is 11.3. The summed E-state index contributed by atoms with van der Waals surface area (Å²) in [5, 5.41) is 6.29. The third-order valence-electron chi connectivity index (χ3n) is 6.00. The van der Waals surface area contributed by atoms with Gasteiger partial charge in [-0.1, -0.05) is 19.0 Å². The van der Waals surface area contributed by atoms with Crippen molar-refractivity contribution < 1.29 is 23.6 Å². The van der Waals surface area contributed by atoms with Crippen LogP contribution in [0.3, 0.4) is 0 Å². The highest BCUT2D eigenvalue weighted by Gasteiger charge is 2.28. The van der Waals surface area contributed by atoms with Crippen molar-refractivity contribution in [2.24, 2.45) is 5.92 Å². The van der Waals surface area contributed by atoms with E-state index in [0.29, 0.717) is 30.2 Å². The van der Waals surface area contributed by atoms with Crippen molar-refractivity contribution in [3.63, 3.8) is 0 Å². The van der Waals surface area contributed by atoms with Gasteiger partial charge >= 0.3 is 0 Å². The Labute approximate surface area is 195 Å². The van der Waals surface area contributed by atoms with Crippen LogP contribution in [-0.4, -0.2) is 79.3 Å². The number of nitrogens with one attached hydrogen (secondary N) is 1. The lowest BCUT2D eigenvalue weighted by Crippen LogP contribution is -2.46. The molecule has 9 heteroatoms. The van der Waals surface area contributed by atoms with Crippen molar-refractivity contribution in [3.8, 4) is 5.75 Å². The molecular weight excluding hydrogens is 424 g/mol. The summed E-state index contributed by atoms with van der Waals surface area (Å²) < 4.78 is 16.8. The SMILES string of the molecule is CCCN1C[C@H](C)[C@H](OC)CN(C)C(=O)c2cc(NC(=O)c3ccno3)ccc2OC[C@H]1C. The van der Waals surface area contributed by atoms with Crippen LogP contribution in [0.1, 0.15) is 48.1 Å². The van der Waals surface area contributed by atoms with Crippen LogP contribution >= 0.6 is 0 Å². The van der Waals surface area contributed by atoms with Crippen LogP contribution in [0, 0.1) is 5.92 Å². The van der Waals surface area contributed by atoms with Gasteiger partial charge in [-0.25, -0.2) is 0 Å². The molecule has 0 saturated heterocycles. The van der Waals surface area contributed by atoms with Crippen molar-refractivity contribution in [1.82, 2.24) is 15.0 Å². The average Bonchev–Trinajstić information content (AvgIpc) is 3.35. The van der Waals surface area contributed by atoms with Crippen LogP contribution in [0.4, 0.5) is 5.69 Å². The van der Waals surface area contributed by atoms with Crippen molar-refractivity contribution in [1.29, 1.82) is 0 Å². The number of nitrogens with zero attached hydrogens (tertiary/aromatic N) is 3. The van der Waals surface area contributed by atoms with Crippen LogP contribution in [0.25, 0.3) is 0 Å². The number of anilines is 1. The molecule has 2 amide bonds. The van der Waals surface area contributed by atoms with Gasteiger partial charge in [0.15, 0.2) is 0 Å². The molecule has 1 aliphatic heterocycles. The molecule has 0 fully saturated rings. The lowest BCUT2D eigenvalue weighted by Gasteiger charge is -2.35. The fraction of sp³-hybridized carbons (Fsp3) is 0.542. The van der Waals surface area contributed by atoms with E-state index in [0.717, 1.165) is 19.5 Å². The van der Waals surface area contributed by atoms with Crippen LogP contribution in [0.2, 0.25) is 0 Å². The highest BCUT2D eigenvalue weighted by molar-refractivity contribution is 6.04. The number of carbonyl (C=O) groups excluding carboxylic acids is 2. The van der Waals surface area contributed by atoms with E-state index in [-0.39, 0.29) is 29.7 Å². The Hall–Kier alpha value is -2.91. The van der Waals surface area contributed by atoms with Gasteiger partial charge in [0.2, 0.25) is 5.76 Å². The molecule has 1 N–H and O–H groups in total. The van der Waals surface area contributed by atoms with Gasteiger partial charge in [-0.2, -0.15) is 0 Å². The van der Waals surface area contributed by atoms with Gasteiger partial charge in [0.05, 0.1) is 17.9 Å². The maximum Gasteiger partial charge on any atom is 0.294 e. The van der Waals surface area contributed by atoms with Crippen molar-refractivity contribution in [3.05, 3.63) is 41.8 Å². The molecule has 180 valence electrons. The lowest BCUT2D eigenvalue weighted by atomic mass is 10.0. The van der Waals surface area contributed by atoms with Gasteiger partial charge < -0.3 is 24.2 Å². The summed E-state index contributed by atoms with van der Waals surface area (Å²) in [6.07, 6.45) is 2.33. The molecule has 2 aromatic rings. The molecule has 1 aromatic heterocycles. The molecule has 33 heavy (non-hydrogen) atoms. The van der Waals surface area contributed by atoms with Crippen LogP contribution in [0.15, 0.2) is 35.0 Å². The lowest BCUT2D eigenvalue weighted by molar-refractivity contribution is 0.0108. The number of aromatic nitrogens is 1. The molecule has 0 unspecified atom stereocenters. The van der Waals surface area contributed by atoms with Crippen LogP contribution in [-0.2, 0) is 4.74 Å². The second-order valence-electron chi connectivity index (χ2n) is 8.63. The molecule has 2 heterocycles. The highest BCUT2D eigenvalue weighted by atomic mass is 16.5. The number of ether oxygens (including phenoxy) is 2. The van der Waals surface area contributed by atoms with E-state index in [1.807, 2.05) is 0 Å². The predicted molar refractivity (Wildman–Crippen MR) is 125 cm³/mol. The zero-order valence-corrected chi connectivity index (χ0v) is 20.0. The fourth-order valence-electron chi connectivity index (χ4n) is 4.05. The standard InChI is InChI=1S/C24H34N4O5/c1-6-11-28-13-16(2)22(31-5)14-27(4)24(30)19-12-18(7-8-20(19)32-15-17(28)3)26-23(29)21-9-10-25-33-21/h7-10,12,16-17,22H,6,11,13-15H2,1-5H3,(H,26,29)/t16-,17+,22+/m0/s1. The Morgan fingerprint density at radius 3 is 2.73 bits per heavy atom. The number of hydrogen-bond donors (Lipinski definition) is 1. The van der Waals surface area contributed by atoms with Gasteiger partial charge in [0.1, 0.15) is 12.4 Å². The molecule has 0 spiro atoms. The summed E-state index contributed by atoms with van der Waals surface area (Å²) in [4.78, 5) is 29.8. The maximum atomic E-state index is 13.4. The van der Waals surface area contributed by atoms with Crippen molar-refractivity contribution >= 4 is 17.5 Å². The average molecular weight is 459 g/mol. The van der Waals surface area contributed by atoms with Gasteiger partial charge in [-0.3, -0.25) is 14.5 Å². The molecule has 0 aliphatic carbocycles. The zero-order valence-electron chi connectivity index (χ0n) is 20.0. The number of amides is 2. The van der Waals surface area contributed by atoms with Crippen molar-refractivity contribution in [2.75, 3.05) is 45.7 Å². The molecule has 0 radical (unpaired) electrons. The summed E-state index contributed by atoms with van der Waals surface area (Å²) in [7, 11) is 3.44. The molecular formula is C24H34N4O5. The topological polar surface area (TPSA) is 97.1 Å². The van der Waals surface area contributed by atoms with E-state index in [2.05, 4.69) is 36.1 Å². The second-order valence-corrected chi connectivity index (χ2v) is 8.63. The summed E-state index contributed by atoms with van der Waals surface area (Å²) >= 11 is 0. The van der Waals surface area contributed by atoms with Gasteiger partial charge in [-0.05, 0) is 44.0 Å². The first kappa shape index (κ1) is 24.7. The normalized spacial score (nSPS) is 22.6. The van der Waals surface area contributed by atoms with E-state index in [1.54, 1.807) is 37.3 Å². The number of methoxy groups -OCH3 is 1. The van der Waals surface area contributed by atoms with E-state index in [9.17, 15) is 9.59 Å². The molecule has 0 saturated carbocycles. The first-order valence-corrected chi connectivity index (χ1v) is 11.3. The van der Waals surface area contributed by atoms with Gasteiger partial charge in [0.25, 0.3) is 11.8 Å². The first-order chi connectivity index (χ1) is 15.8. The zero-order chi connectivity index (χ0) is 24.0. The predicted octanol–water partition coefficient (Wildman–Crippen LogP) is 3.14. The Kier molecular flexibility index (Phi) is 8.46. The van der Waals surface area contributed by atoms with E-state index >= 15 is 0 Å². The quantitative estimate of drug-likeness (QED) is 0.735. The summed E-state index contributed by atoms with van der Waals surface area (Å²) in [6.45, 7) is 9.16. The van der Waals surface area contributed by atoms with E-state index in [1.165, 1.54) is 12.3 Å². The minimum Gasteiger partial charge on any atom is -0.491 e. The Morgan fingerprint density at radius 2 is 2.06 bits per heavy atom. The van der Waals surface area contributed by atoms with Gasteiger partial charge in [0, 0.05) is 45.0 Å². The minimum absolute atomic E-state index is 0.0872. The molecule has 3 rings (SSSR count). The molecule has 1 aliphatic rings. The Bertz CT molecular complexity index is 933. The minimum atomic E-state index is -0.445. The van der Waals surface area contributed by atoms with Crippen molar-refractivity contribution in [2.45, 2.75) is 39.3 Å². The molecule has 9 nitrogen and oxygen atoms in total. The Balaban J connectivity index is 1.91. The largest absolute Gasteiger partial charge is 0.491 e. The highest BCUT2D eigenvalue weighted by Crippen LogP contribution is 2.26. The number of benzene rings is 1. The van der Waals surface area contributed by atoms with E-state index in [4.69, 9.17) is 14.0 Å². The third-order valence-corrected chi connectivity index (χ3v) is 6.00. The number of fused-ring (bicyclic) bond motifs is 1. The maximum absolute atomic E-state index is 13.4. The number of hydrogen-bond acceptors (Lipinski definition) is 7. The fourth-order valence-corrected chi connectivity index (χ4v) is 4.05. The summed E-state index contributed by atoms with van der Waals surface area (Å²) in [5.41, 5.74) is 0.843. The van der Waals surface area contributed by atoms with E-state index < -0.39 is 5.91 Å². The smallest absolute Gasteiger partial charge is 0.294 e. The van der Waals surface area contributed by atoms with Crippen LogP contribution in [0.5, 0.6) is 5.75 Å². The molecule has 1 aromatic carbocycles. The number of carbonyl (C=O) groups is 2. The number of rotatable bonds is 5. The second kappa shape index (κ2) is 11.3.